The van der Waals surface area contributed by atoms with Gasteiger partial charge in [0.2, 0.25) is 0 Å². The van der Waals surface area contributed by atoms with E-state index in [0.717, 1.165) is 12.0 Å². The van der Waals surface area contributed by atoms with E-state index < -0.39 is 20.6 Å². The Hall–Kier alpha value is -0.660. The summed E-state index contributed by atoms with van der Waals surface area (Å²) in [6.07, 6.45) is 1.15. The van der Waals surface area contributed by atoms with E-state index in [1.54, 1.807) is 6.07 Å². The van der Waals surface area contributed by atoms with Crippen LogP contribution in [0.5, 0.6) is 0 Å². The average molecular weight is 321 g/mol. The number of sulfone groups is 1. The number of hydrogen-bond acceptors (Lipinski definition) is 5. The van der Waals surface area contributed by atoms with Crippen LogP contribution in [0.3, 0.4) is 0 Å². The first-order valence-electron chi connectivity index (χ1n) is 6.40. The molecule has 0 bridgehead atoms. The molecule has 1 rings (SSSR count). The van der Waals surface area contributed by atoms with Crippen LogP contribution in [0.25, 0.3) is 0 Å². The molecule has 0 saturated carbocycles. The molecule has 1 N–H and O–H groups in total. The van der Waals surface area contributed by atoms with Gasteiger partial charge in [-0.3, -0.25) is 4.21 Å². The van der Waals surface area contributed by atoms with E-state index in [4.69, 9.17) is 4.42 Å². The molecule has 1 atom stereocenters. The van der Waals surface area contributed by atoms with Crippen molar-refractivity contribution in [2.24, 2.45) is 0 Å². The van der Waals surface area contributed by atoms with E-state index in [1.807, 2.05) is 6.07 Å². The standard InChI is InChI=1S/C13H23NO4S2/c1-13(2,3)14-9-11-5-6-12(18-11)10-19(15)7-8-20(4,16)17/h5-6,14H,7-10H2,1-4H3. The van der Waals surface area contributed by atoms with Gasteiger partial charge in [-0.2, -0.15) is 0 Å². The van der Waals surface area contributed by atoms with E-state index in [0.29, 0.717) is 12.3 Å². The van der Waals surface area contributed by atoms with Gasteiger partial charge >= 0.3 is 0 Å². The predicted octanol–water partition coefficient (Wildman–Crippen LogP) is 1.46. The van der Waals surface area contributed by atoms with Crippen molar-refractivity contribution < 1.29 is 17.0 Å². The first kappa shape index (κ1) is 17.4. The van der Waals surface area contributed by atoms with Crippen LogP contribution in [0.4, 0.5) is 0 Å². The molecule has 0 aliphatic rings. The van der Waals surface area contributed by atoms with Crippen LogP contribution < -0.4 is 5.32 Å². The minimum absolute atomic E-state index is 0.00522. The zero-order chi connectivity index (χ0) is 15.4. The van der Waals surface area contributed by atoms with Gasteiger partial charge in [-0.15, -0.1) is 0 Å². The van der Waals surface area contributed by atoms with E-state index >= 15 is 0 Å². The lowest BCUT2D eigenvalue weighted by Gasteiger charge is -2.19. The molecular formula is C13H23NO4S2. The second kappa shape index (κ2) is 6.87. The van der Waals surface area contributed by atoms with Crippen LogP contribution >= 0.6 is 0 Å². The van der Waals surface area contributed by atoms with Gasteiger partial charge in [-0.25, -0.2) is 8.42 Å². The van der Waals surface area contributed by atoms with Crippen LogP contribution in [0.1, 0.15) is 32.3 Å². The molecule has 0 fully saturated rings. The van der Waals surface area contributed by atoms with E-state index in [-0.39, 0.29) is 22.8 Å². The van der Waals surface area contributed by atoms with Crippen molar-refractivity contribution in [3.63, 3.8) is 0 Å². The molecule has 0 aliphatic carbocycles. The molecule has 1 unspecified atom stereocenters. The summed E-state index contributed by atoms with van der Waals surface area (Å²) in [4.78, 5) is 0. The summed E-state index contributed by atoms with van der Waals surface area (Å²) in [7, 11) is -4.28. The molecule has 0 spiro atoms. The van der Waals surface area contributed by atoms with Crippen LogP contribution in [-0.2, 0) is 32.9 Å². The molecule has 5 nitrogen and oxygen atoms in total. The first-order valence-corrected chi connectivity index (χ1v) is 9.95. The Bertz CT molecular complexity index is 555. The van der Waals surface area contributed by atoms with Gasteiger partial charge in [0.25, 0.3) is 0 Å². The van der Waals surface area contributed by atoms with Crippen molar-refractivity contribution in [1.82, 2.24) is 5.32 Å². The zero-order valence-corrected chi connectivity index (χ0v) is 14.1. The highest BCUT2D eigenvalue weighted by atomic mass is 32.2. The normalized spacial score (nSPS) is 14.4. The first-order chi connectivity index (χ1) is 9.05. The Balaban J connectivity index is 2.46. The van der Waals surface area contributed by atoms with Gasteiger partial charge in [0, 0.05) is 28.3 Å². The Morgan fingerprint density at radius 2 is 1.85 bits per heavy atom. The Labute approximate surface area is 123 Å². The van der Waals surface area contributed by atoms with Crippen LogP contribution in [0.15, 0.2) is 16.5 Å². The predicted molar refractivity (Wildman–Crippen MR) is 81.7 cm³/mol. The van der Waals surface area contributed by atoms with E-state index in [2.05, 4.69) is 26.1 Å². The lowest BCUT2D eigenvalue weighted by atomic mass is 10.1. The van der Waals surface area contributed by atoms with Gasteiger partial charge in [0.1, 0.15) is 21.4 Å². The third-order valence-electron chi connectivity index (χ3n) is 2.50. The number of rotatable bonds is 7. The van der Waals surface area contributed by atoms with E-state index in [1.165, 1.54) is 0 Å². The fraction of sp³-hybridized carbons (Fsp3) is 0.692. The average Bonchev–Trinajstić information content (AvgIpc) is 2.70. The Morgan fingerprint density at radius 3 is 2.40 bits per heavy atom. The molecule has 0 aromatic carbocycles. The highest BCUT2D eigenvalue weighted by molar-refractivity contribution is 7.92. The van der Waals surface area contributed by atoms with Gasteiger partial charge in [0.15, 0.2) is 0 Å². The highest BCUT2D eigenvalue weighted by Gasteiger charge is 2.12. The van der Waals surface area contributed by atoms with Crippen molar-refractivity contribution in [2.75, 3.05) is 17.8 Å². The van der Waals surface area contributed by atoms with Crippen molar-refractivity contribution >= 4 is 20.6 Å². The second-order valence-electron chi connectivity index (χ2n) is 5.89. The summed E-state index contributed by atoms with van der Waals surface area (Å²) in [5.74, 6) is 1.76. The summed E-state index contributed by atoms with van der Waals surface area (Å²) >= 11 is 0. The fourth-order valence-electron chi connectivity index (χ4n) is 1.42. The lowest BCUT2D eigenvalue weighted by Crippen LogP contribution is -2.34. The smallest absolute Gasteiger partial charge is 0.148 e. The molecule has 0 aliphatic heterocycles. The quantitative estimate of drug-likeness (QED) is 0.823. The lowest BCUT2D eigenvalue weighted by molar-refractivity contribution is 0.382. The minimum Gasteiger partial charge on any atom is -0.464 e. The van der Waals surface area contributed by atoms with Crippen LogP contribution in [0.2, 0.25) is 0 Å². The maximum atomic E-state index is 11.8. The third-order valence-corrected chi connectivity index (χ3v) is 4.97. The minimum atomic E-state index is -3.06. The van der Waals surface area contributed by atoms with Crippen LogP contribution in [-0.4, -0.2) is 35.9 Å². The largest absolute Gasteiger partial charge is 0.464 e. The molecule has 0 radical (unpaired) electrons. The molecule has 20 heavy (non-hydrogen) atoms. The molecule has 116 valence electrons. The van der Waals surface area contributed by atoms with Crippen molar-refractivity contribution in [2.45, 2.75) is 38.6 Å². The van der Waals surface area contributed by atoms with Crippen molar-refractivity contribution in [3.05, 3.63) is 23.7 Å². The van der Waals surface area contributed by atoms with Gasteiger partial charge < -0.3 is 9.73 Å². The molecule has 0 amide bonds. The maximum absolute atomic E-state index is 11.8. The summed E-state index contributed by atoms with van der Waals surface area (Å²) in [6.45, 7) is 6.81. The van der Waals surface area contributed by atoms with Crippen molar-refractivity contribution in [3.8, 4) is 0 Å². The van der Waals surface area contributed by atoms with E-state index in [9.17, 15) is 12.6 Å². The molecular weight excluding hydrogens is 298 g/mol. The van der Waals surface area contributed by atoms with Crippen LogP contribution in [0, 0.1) is 0 Å². The summed E-state index contributed by atoms with van der Waals surface area (Å²) in [5, 5.41) is 3.30. The fourth-order valence-corrected chi connectivity index (χ4v) is 3.99. The summed E-state index contributed by atoms with van der Waals surface area (Å²) in [5.41, 5.74) is 0.00522. The zero-order valence-electron chi connectivity index (χ0n) is 12.4. The summed E-state index contributed by atoms with van der Waals surface area (Å²) in [6, 6.07) is 3.64. The SMILES string of the molecule is CC(C)(C)NCc1ccc(CS(=O)CCS(C)(=O)=O)o1. The molecule has 0 saturated heterocycles. The summed E-state index contributed by atoms with van der Waals surface area (Å²) < 4.78 is 39.3. The molecule has 1 heterocycles. The number of furan rings is 1. The third kappa shape index (κ3) is 7.81. The van der Waals surface area contributed by atoms with Gasteiger partial charge in [-0.1, -0.05) is 0 Å². The topological polar surface area (TPSA) is 76.4 Å². The molecule has 1 aromatic heterocycles. The Kier molecular flexibility index (Phi) is 5.97. The van der Waals surface area contributed by atoms with Gasteiger partial charge in [0.05, 0.1) is 18.1 Å². The number of hydrogen-bond donors (Lipinski definition) is 1. The molecule has 1 aromatic rings. The Morgan fingerprint density at radius 1 is 1.25 bits per heavy atom. The maximum Gasteiger partial charge on any atom is 0.148 e. The highest BCUT2D eigenvalue weighted by Crippen LogP contribution is 2.12. The molecule has 7 heteroatoms. The van der Waals surface area contributed by atoms with Gasteiger partial charge in [-0.05, 0) is 32.9 Å². The second-order valence-corrected chi connectivity index (χ2v) is 9.73. The van der Waals surface area contributed by atoms with Crippen molar-refractivity contribution in [1.29, 1.82) is 0 Å². The number of nitrogens with one attached hydrogen (secondary N) is 1. The monoisotopic (exact) mass is 321 g/mol.